The molecule has 10 heteroatoms. The highest BCUT2D eigenvalue weighted by atomic mass is 32.2. The maximum Gasteiger partial charge on any atom is 0.341 e. The highest BCUT2D eigenvalue weighted by Crippen LogP contribution is 2.38. The second-order valence-electron chi connectivity index (χ2n) is 8.80. The highest BCUT2D eigenvalue weighted by molar-refractivity contribution is 7.89. The van der Waals surface area contributed by atoms with E-state index in [2.05, 4.69) is 17.1 Å². The Bertz CT molecular complexity index is 1170. The predicted molar refractivity (Wildman–Crippen MR) is 132 cm³/mol. The Balaban J connectivity index is 1.59. The van der Waals surface area contributed by atoms with Crippen LogP contribution in [0.25, 0.3) is 0 Å². The molecule has 1 fully saturated rings. The van der Waals surface area contributed by atoms with Gasteiger partial charge in [-0.1, -0.05) is 24.6 Å². The number of hydrogen-bond acceptors (Lipinski definition) is 7. The number of amides is 1. The molecular formula is C24H31N3O5S2. The first-order chi connectivity index (χ1) is 16.3. The van der Waals surface area contributed by atoms with Crippen LogP contribution in [0.2, 0.25) is 0 Å². The van der Waals surface area contributed by atoms with Crippen LogP contribution in [0.5, 0.6) is 0 Å². The van der Waals surface area contributed by atoms with Gasteiger partial charge in [0, 0.05) is 24.5 Å². The molecule has 0 saturated carbocycles. The van der Waals surface area contributed by atoms with Gasteiger partial charge < -0.3 is 10.1 Å². The molecule has 0 spiro atoms. The Morgan fingerprint density at radius 1 is 1.21 bits per heavy atom. The minimum atomic E-state index is -3.81. The van der Waals surface area contributed by atoms with Crippen molar-refractivity contribution < 1.29 is 22.7 Å². The van der Waals surface area contributed by atoms with Crippen molar-refractivity contribution in [3.05, 3.63) is 45.8 Å². The first-order valence-corrected chi connectivity index (χ1v) is 13.9. The van der Waals surface area contributed by atoms with Crippen molar-refractivity contribution in [1.82, 2.24) is 9.21 Å². The van der Waals surface area contributed by atoms with Crippen molar-refractivity contribution in [3.8, 4) is 0 Å². The Morgan fingerprint density at radius 3 is 2.62 bits per heavy atom. The van der Waals surface area contributed by atoms with E-state index in [9.17, 15) is 18.0 Å². The van der Waals surface area contributed by atoms with Gasteiger partial charge in [-0.2, -0.15) is 4.31 Å². The van der Waals surface area contributed by atoms with Gasteiger partial charge in [-0.3, -0.25) is 9.69 Å². The zero-order valence-corrected chi connectivity index (χ0v) is 21.4. The summed E-state index contributed by atoms with van der Waals surface area (Å²) in [6, 6.07) is 5.82. The number of methoxy groups -OCH3 is 1. The van der Waals surface area contributed by atoms with E-state index in [-0.39, 0.29) is 11.4 Å². The maximum atomic E-state index is 13.3. The second kappa shape index (κ2) is 10.2. The number of fused-ring (bicyclic) bond motifs is 1. The smallest absolute Gasteiger partial charge is 0.341 e. The molecule has 1 aromatic heterocycles. The van der Waals surface area contributed by atoms with Gasteiger partial charge in [-0.15, -0.1) is 11.3 Å². The number of nitrogens with one attached hydrogen (secondary N) is 1. The standard InChI is InChI=1S/C24H31N3O5S2/c1-4-12-26-14-11-18-20(15-26)33-23(21(18)24(29)32-3)25-22(28)19-6-5-13-27(19)34(30,31)17-9-7-16(2)8-10-17/h7-10,19H,4-6,11-15H2,1-3H3,(H,25,28). The molecule has 1 atom stereocenters. The summed E-state index contributed by atoms with van der Waals surface area (Å²) in [5, 5.41) is 3.33. The minimum absolute atomic E-state index is 0.177. The average Bonchev–Trinajstić information content (AvgIpc) is 3.44. The van der Waals surface area contributed by atoms with E-state index in [4.69, 9.17) is 4.74 Å². The van der Waals surface area contributed by atoms with Gasteiger partial charge in [-0.05, 0) is 56.8 Å². The Kier molecular flexibility index (Phi) is 7.42. The number of rotatable bonds is 7. The zero-order chi connectivity index (χ0) is 24.5. The lowest BCUT2D eigenvalue weighted by Gasteiger charge is -2.26. The second-order valence-corrected chi connectivity index (χ2v) is 11.8. The lowest BCUT2D eigenvalue weighted by molar-refractivity contribution is -0.119. The van der Waals surface area contributed by atoms with Crippen molar-refractivity contribution >= 4 is 38.2 Å². The van der Waals surface area contributed by atoms with Crippen molar-refractivity contribution in [2.24, 2.45) is 0 Å². The van der Waals surface area contributed by atoms with E-state index < -0.39 is 27.9 Å². The number of nitrogens with zero attached hydrogens (tertiary/aromatic N) is 2. The van der Waals surface area contributed by atoms with Crippen LogP contribution in [-0.2, 0) is 32.5 Å². The molecule has 1 amide bonds. The third kappa shape index (κ3) is 4.77. The Morgan fingerprint density at radius 2 is 1.94 bits per heavy atom. The van der Waals surface area contributed by atoms with Crippen molar-refractivity contribution in [3.63, 3.8) is 0 Å². The van der Waals surface area contributed by atoms with Gasteiger partial charge in [-0.25, -0.2) is 13.2 Å². The molecular weight excluding hydrogens is 474 g/mol. The molecule has 1 saturated heterocycles. The van der Waals surface area contributed by atoms with Gasteiger partial charge in [0.25, 0.3) is 0 Å². The van der Waals surface area contributed by atoms with E-state index in [1.165, 1.54) is 22.8 Å². The summed E-state index contributed by atoms with van der Waals surface area (Å²) in [4.78, 5) is 29.5. The van der Waals surface area contributed by atoms with Crippen LogP contribution in [0.3, 0.4) is 0 Å². The van der Waals surface area contributed by atoms with Gasteiger partial charge >= 0.3 is 5.97 Å². The first-order valence-electron chi connectivity index (χ1n) is 11.6. The number of ether oxygens (including phenoxy) is 1. The van der Waals surface area contributed by atoms with E-state index in [1.54, 1.807) is 24.3 Å². The number of anilines is 1. The van der Waals surface area contributed by atoms with Crippen LogP contribution >= 0.6 is 11.3 Å². The van der Waals surface area contributed by atoms with Crippen molar-refractivity contribution in [1.29, 1.82) is 0 Å². The van der Waals surface area contributed by atoms with Gasteiger partial charge in [0.1, 0.15) is 11.0 Å². The van der Waals surface area contributed by atoms with Crippen LogP contribution in [0.15, 0.2) is 29.2 Å². The van der Waals surface area contributed by atoms with Gasteiger partial charge in [0.15, 0.2) is 0 Å². The van der Waals surface area contributed by atoms with E-state index in [0.29, 0.717) is 29.8 Å². The molecule has 0 aliphatic carbocycles. The van der Waals surface area contributed by atoms with Crippen LogP contribution in [0.4, 0.5) is 5.00 Å². The summed E-state index contributed by atoms with van der Waals surface area (Å²) in [6.07, 6.45) is 2.78. The molecule has 1 N–H and O–H groups in total. The molecule has 0 bridgehead atoms. The fourth-order valence-corrected chi connectivity index (χ4v) is 7.64. The number of carbonyl (C=O) groups excluding carboxylic acids is 2. The molecule has 4 rings (SSSR count). The molecule has 3 heterocycles. The summed E-state index contributed by atoms with van der Waals surface area (Å²) in [5.41, 5.74) is 2.29. The number of carbonyl (C=O) groups is 2. The van der Waals surface area contributed by atoms with E-state index in [1.807, 2.05) is 6.92 Å². The summed E-state index contributed by atoms with van der Waals surface area (Å²) in [5.74, 6) is -0.894. The number of hydrogen-bond donors (Lipinski definition) is 1. The molecule has 0 radical (unpaired) electrons. The van der Waals surface area contributed by atoms with Crippen LogP contribution in [0, 0.1) is 6.92 Å². The number of benzene rings is 1. The molecule has 1 unspecified atom stereocenters. The lowest BCUT2D eigenvalue weighted by Crippen LogP contribution is -2.43. The normalized spacial score (nSPS) is 19.1. The molecule has 2 aliphatic rings. The molecule has 8 nitrogen and oxygen atoms in total. The third-order valence-corrected chi connectivity index (χ3v) is 9.49. The topological polar surface area (TPSA) is 96.0 Å². The summed E-state index contributed by atoms with van der Waals surface area (Å²) in [6.45, 7) is 6.85. The number of aryl methyl sites for hydroxylation is 1. The molecule has 2 aliphatic heterocycles. The quantitative estimate of drug-likeness (QED) is 0.580. The Labute approximate surface area is 204 Å². The van der Waals surface area contributed by atoms with E-state index in [0.717, 1.165) is 42.1 Å². The van der Waals surface area contributed by atoms with Crippen molar-refractivity contribution in [2.45, 2.75) is 57.0 Å². The van der Waals surface area contributed by atoms with Gasteiger partial charge in [0.2, 0.25) is 15.9 Å². The molecule has 1 aromatic carbocycles. The predicted octanol–water partition coefficient (Wildman–Crippen LogP) is 3.40. The largest absolute Gasteiger partial charge is 0.465 e. The summed E-state index contributed by atoms with van der Waals surface area (Å²) >= 11 is 1.39. The zero-order valence-electron chi connectivity index (χ0n) is 19.8. The highest BCUT2D eigenvalue weighted by Gasteiger charge is 2.40. The van der Waals surface area contributed by atoms with Crippen LogP contribution in [-0.4, -0.2) is 62.3 Å². The molecule has 34 heavy (non-hydrogen) atoms. The summed E-state index contributed by atoms with van der Waals surface area (Å²) in [7, 11) is -2.48. The Hall–Kier alpha value is -2.27. The van der Waals surface area contributed by atoms with E-state index >= 15 is 0 Å². The fourth-order valence-electron chi connectivity index (χ4n) is 4.70. The number of sulfonamides is 1. The summed E-state index contributed by atoms with van der Waals surface area (Å²) < 4.78 is 32.8. The monoisotopic (exact) mass is 505 g/mol. The average molecular weight is 506 g/mol. The number of thiophene rings is 1. The molecule has 184 valence electrons. The van der Waals surface area contributed by atoms with Crippen molar-refractivity contribution in [2.75, 3.05) is 32.1 Å². The third-order valence-electron chi connectivity index (χ3n) is 6.44. The number of esters is 1. The minimum Gasteiger partial charge on any atom is -0.465 e. The SMILES string of the molecule is CCCN1CCc2c(sc(NC(=O)C3CCCN3S(=O)(=O)c3ccc(C)cc3)c2C(=O)OC)C1. The first kappa shape index (κ1) is 24.8. The maximum absolute atomic E-state index is 13.3. The van der Waals surface area contributed by atoms with Crippen LogP contribution < -0.4 is 5.32 Å². The lowest BCUT2D eigenvalue weighted by atomic mass is 10.0. The van der Waals surface area contributed by atoms with Gasteiger partial charge in [0.05, 0.1) is 17.6 Å². The van der Waals surface area contributed by atoms with Crippen LogP contribution in [0.1, 0.15) is 52.5 Å². The fraction of sp³-hybridized carbons (Fsp3) is 0.500. The molecule has 2 aromatic rings.